The Kier molecular flexibility index (Phi) is 4.24. The van der Waals surface area contributed by atoms with Gasteiger partial charge in [-0.2, -0.15) is 0 Å². The summed E-state index contributed by atoms with van der Waals surface area (Å²) in [5, 5.41) is 3.46. The third kappa shape index (κ3) is 3.84. The SMILES string of the molecule is CC(=O)Nc1ccc(Sc2nc(Cl)ncc2N)cc1. The summed E-state index contributed by atoms with van der Waals surface area (Å²) in [5.74, 6) is -0.104. The molecule has 1 heterocycles. The summed E-state index contributed by atoms with van der Waals surface area (Å²) >= 11 is 7.11. The van der Waals surface area contributed by atoms with Crippen LogP contribution in [0.25, 0.3) is 0 Å². The molecule has 2 aromatic rings. The molecule has 0 saturated heterocycles. The van der Waals surface area contributed by atoms with E-state index in [0.29, 0.717) is 10.7 Å². The Morgan fingerprint density at radius 3 is 2.68 bits per heavy atom. The third-order valence-corrected chi connectivity index (χ3v) is 3.35. The van der Waals surface area contributed by atoms with E-state index in [0.717, 1.165) is 10.6 Å². The Labute approximate surface area is 119 Å². The molecule has 0 aliphatic carbocycles. The van der Waals surface area contributed by atoms with Crippen LogP contribution in [0, 0.1) is 0 Å². The first-order valence-electron chi connectivity index (χ1n) is 5.38. The van der Waals surface area contributed by atoms with Crippen molar-refractivity contribution < 1.29 is 4.79 Å². The van der Waals surface area contributed by atoms with Crippen LogP contribution in [0.5, 0.6) is 0 Å². The van der Waals surface area contributed by atoms with Crippen LogP contribution in [-0.4, -0.2) is 15.9 Å². The quantitative estimate of drug-likeness (QED) is 0.672. The fraction of sp³-hybridized carbons (Fsp3) is 0.0833. The van der Waals surface area contributed by atoms with Crippen molar-refractivity contribution in [2.45, 2.75) is 16.8 Å². The number of nitrogens with two attached hydrogens (primary N) is 1. The number of nitrogens with one attached hydrogen (secondary N) is 1. The van der Waals surface area contributed by atoms with Gasteiger partial charge in [-0.3, -0.25) is 4.79 Å². The van der Waals surface area contributed by atoms with Gasteiger partial charge in [-0.1, -0.05) is 11.8 Å². The van der Waals surface area contributed by atoms with Crippen LogP contribution in [0.3, 0.4) is 0 Å². The second-order valence-electron chi connectivity index (χ2n) is 3.71. The zero-order valence-electron chi connectivity index (χ0n) is 10.1. The van der Waals surface area contributed by atoms with E-state index < -0.39 is 0 Å². The van der Waals surface area contributed by atoms with E-state index in [4.69, 9.17) is 17.3 Å². The summed E-state index contributed by atoms with van der Waals surface area (Å²) in [6.45, 7) is 1.46. The van der Waals surface area contributed by atoms with Gasteiger partial charge in [-0.25, -0.2) is 9.97 Å². The number of nitrogen functional groups attached to an aromatic ring is 1. The number of nitrogens with zero attached hydrogens (tertiary/aromatic N) is 2. The largest absolute Gasteiger partial charge is 0.395 e. The molecule has 0 spiro atoms. The number of rotatable bonds is 3. The molecule has 1 amide bonds. The van der Waals surface area contributed by atoms with E-state index in [1.54, 1.807) is 0 Å². The number of amides is 1. The molecule has 0 atom stereocenters. The highest BCUT2D eigenvalue weighted by Crippen LogP contribution is 2.31. The maximum atomic E-state index is 10.9. The van der Waals surface area contributed by atoms with Gasteiger partial charge in [-0.05, 0) is 35.9 Å². The van der Waals surface area contributed by atoms with Crippen molar-refractivity contribution in [3.05, 3.63) is 35.7 Å². The molecule has 5 nitrogen and oxygen atoms in total. The van der Waals surface area contributed by atoms with Crippen LogP contribution in [-0.2, 0) is 4.79 Å². The predicted molar refractivity (Wildman–Crippen MR) is 76.3 cm³/mol. The van der Waals surface area contributed by atoms with E-state index in [1.165, 1.54) is 24.9 Å². The molecule has 7 heteroatoms. The van der Waals surface area contributed by atoms with Gasteiger partial charge >= 0.3 is 0 Å². The lowest BCUT2D eigenvalue weighted by Crippen LogP contribution is -2.05. The molecule has 0 aliphatic heterocycles. The van der Waals surface area contributed by atoms with Gasteiger partial charge in [0.15, 0.2) is 0 Å². The average Bonchev–Trinajstić information content (AvgIpc) is 2.35. The lowest BCUT2D eigenvalue weighted by Gasteiger charge is -2.06. The maximum absolute atomic E-state index is 10.9. The van der Waals surface area contributed by atoms with Crippen LogP contribution in [0.15, 0.2) is 40.4 Å². The van der Waals surface area contributed by atoms with Crippen LogP contribution in [0.2, 0.25) is 5.28 Å². The fourth-order valence-electron chi connectivity index (χ4n) is 1.36. The number of carbonyl (C=O) groups is 1. The Morgan fingerprint density at radius 1 is 1.37 bits per heavy atom. The number of hydrogen-bond acceptors (Lipinski definition) is 5. The van der Waals surface area contributed by atoms with E-state index in [9.17, 15) is 4.79 Å². The molecule has 2 rings (SSSR count). The van der Waals surface area contributed by atoms with Gasteiger partial charge in [-0.15, -0.1) is 0 Å². The lowest BCUT2D eigenvalue weighted by molar-refractivity contribution is -0.114. The predicted octanol–water partition coefficient (Wildman–Crippen LogP) is 2.82. The van der Waals surface area contributed by atoms with Crippen LogP contribution >= 0.6 is 23.4 Å². The molecular formula is C12H11ClN4OS. The third-order valence-electron chi connectivity index (χ3n) is 2.14. The minimum atomic E-state index is -0.104. The average molecular weight is 295 g/mol. The molecule has 0 aliphatic rings. The van der Waals surface area contributed by atoms with E-state index >= 15 is 0 Å². The molecule has 0 unspecified atom stereocenters. The fourth-order valence-corrected chi connectivity index (χ4v) is 2.34. The van der Waals surface area contributed by atoms with Crippen molar-refractivity contribution >= 4 is 40.6 Å². The molecule has 0 saturated carbocycles. The molecule has 0 fully saturated rings. The second-order valence-corrected chi connectivity index (χ2v) is 5.11. The van der Waals surface area contributed by atoms with Crippen molar-refractivity contribution in [3.8, 4) is 0 Å². The first-order chi connectivity index (χ1) is 9.04. The highest BCUT2D eigenvalue weighted by molar-refractivity contribution is 7.99. The lowest BCUT2D eigenvalue weighted by atomic mass is 10.3. The van der Waals surface area contributed by atoms with Gasteiger partial charge in [0.1, 0.15) is 5.03 Å². The standard InChI is InChI=1S/C12H11ClN4OS/c1-7(18)16-8-2-4-9(5-3-8)19-11-10(14)6-15-12(13)17-11/h2-6H,14H2,1H3,(H,16,18). The zero-order chi connectivity index (χ0) is 13.8. The zero-order valence-corrected chi connectivity index (χ0v) is 11.6. The minimum absolute atomic E-state index is 0.104. The van der Waals surface area contributed by atoms with E-state index in [-0.39, 0.29) is 11.2 Å². The normalized spacial score (nSPS) is 10.2. The van der Waals surface area contributed by atoms with Gasteiger partial charge in [0.05, 0.1) is 11.9 Å². The van der Waals surface area contributed by atoms with Crippen molar-refractivity contribution in [2.24, 2.45) is 0 Å². The highest BCUT2D eigenvalue weighted by Gasteiger charge is 2.06. The maximum Gasteiger partial charge on any atom is 0.223 e. The van der Waals surface area contributed by atoms with Crippen LogP contribution < -0.4 is 11.1 Å². The summed E-state index contributed by atoms with van der Waals surface area (Å²) in [6.07, 6.45) is 1.48. The number of hydrogen-bond donors (Lipinski definition) is 2. The van der Waals surface area contributed by atoms with Crippen molar-refractivity contribution in [1.82, 2.24) is 9.97 Å². The van der Waals surface area contributed by atoms with Crippen molar-refractivity contribution in [1.29, 1.82) is 0 Å². The van der Waals surface area contributed by atoms with Gasteiger partial charge in [0.2, 0.25) is 11.2 Å². The summed E-state index contributed by atoms with van der Waals surface area (Å²) in [5.41, 5.74) is 6.99. The first kappa shape index (κ1) is 13.6. The summed E-state index contributed by atoms with van der Waals surface area (Å²) in [6, 6.07) is 7.35. The number of benzene rings is 1. The molecule has 1 aromatic heterocycles. The Bertz CT molecular complexity index is 603. The monoisotopic (exact) mass is 294 g/mol. The van der Waals surface area contributed by atoms with Gasteiger partial charge in [0.25, 0.3) is 0 Å². The molecule has 98 valence electrons. The summed E-state index contributed by atoms with van der Waals surface area (Å²) in [7, 11) is 0. The number of halogens is 1. The smallest absolute Gasteiger partial charge is 0.223 e. The number of aromatic nitrogens is 2. The highest BCUT2D eigenvalue weighted by atomic mass is 35.5. The number of carbonyl (C=O) groups excluding carboxylic acids is 1. The Balaban J connectivity index is 2.15. The van der Waals surface area contributed by atoms with E-state index in [1.807, 2.05) is 24.3 Å². The number of anilines is 2. The molecule has 0 bridgehead atoms. The molecule has 1 aromatic carbocycles. The molecule has 0 radical (unpaired) electrons. The Hall–Kier alpha value is -1.79. The van der Waals surface area contributed by atoms with Crippen LogP contribution in [0.1, 0.15) is 6.92 Å². The molecular weight excluding hydrogens is 284 g/mol. The van der Waals surface area contributed by atoms with Crippen molar-refractivity contribution in [3.63, 3.8) is 0 Å². The Morgan fingerprint density at radius 2 is 2.05 bits per heavy atom. The van der Waals surface area contributed by atoms with Gasteiger partial charge in [0, 0.05) is 17.5 Å². The summed E-state index contributed by atoms with van der Waals surface area (Å²) < 4.78 is 0. The first-order valence-corrected chi connectivity index (χ1v) is 6.57. The summed E-state index contributed by atoms with van der Waals surface area (Å²) in [4.78, 5) is 19.7. The van der Waals surface area contributed by atoms with Crippen molar-refractivity contribution in [2.75, 3.05) is 11.1 Å². The van der Waals surface area contributed by atoms with Crippen LogP contribution in [0.4, 0.5) is 11.4 Å². The topological polar surface area (TPSA) is 80.9 Å². The van der Waals surface area contributed by atoms with E-state index in [2.05, 4.69) is 15.3 Å². The second kappa shape index (κ2) is 5.90. The van der Waals surface area contributed by atoms with Gasteiger partial charge < -0.3 is 11.1 Å². The molecule has 19 heavy (non-hydrogen) atoms. The molecule has 3 N–H and O–H groups in total. The minimum Gasteiger partial charge on any atom is -0.395 e.